The molecule has 1 unspecified atom stereocenters. The first-order chi connectivity index (χ1) is 8.99. The molecule has 0 aliphatic rings. The van der Waals surface area contributed by atoms with E-state index in [9.17, 15) is 5.26 Å². The molecule has 0 fully saturated rings. The lowest BCUT2D eigenvalue weighted by molar-refractivity contribution is 0.259. The van der Waals surface area contributed by atoms with E-state index in [1.54, 1.807) is 7.11 Å². The summed E-state index contributed by atoms with van der Waals surface area (Å²) in [5.41, 5.74) is -0.562. The number of hydrogen-bond donors (Lipinski definition) is 1. The second-order valence-electron chi connectivity index (χ2n) is 5.02. The molecule has 1 N–H and O–H groups in total. The Morgan fingerprint density at radius 2 is 2.05 bits per heavy atom. The number of methoxy groups -OCH3 is 1. The Hall–Kier alpha value is -1.73. The van der Waals surface area contributed by atoms with Gasteiger partial charge in [-0.1, -0.05) is 6.07 Å². The van der Waals surface area contributed by atoms with Gasteiger partial charge in [-0.05, 0) is 32.9 Å². The van der Waals surface area contributed by atoms with Gasteiger partial charge in [0.2, 0.25) is 0 Å². The summed E-state index contributed by atoms with van der Waals surface area (Å²) in [6, 6.07) is 10.0. The minimum atomic E-state index is -0.562. The summed E-state index contributed by atoms with van der Waals surface area (Å²) >= 11 is 0. The van der Waals surface area contributed by atoms with Crippen LogP contribution in [0.4, 0.5) is 0 Å². The molecule has 0 heterocycles. The smallest absolute Gasteiger partial charge is 0.122 e. The molecule has 0 aliphatic carbocycles. The van der Waals surface area contributed by atoms with Crippen LogP contribution in [0.3, 0.4) is 0 Å². The molecule has 0 saturated heterocycles. The van der Waals surface area contributed by atoms with Crippen LogP contribution < -0.4 is 14.8 Å². The van der Waals surface area contributed by atoms with Gasteiger partial charge in [0, 0.05) is 18.5 Å². The summed E-state index contributed by atoms with van der Waals surface area (Å²) in [6.45, 7) is 6.43. The van der Waals surface area contributed by atoms with Crippen LogP contribution in [0.5, 0.6) is 11.5 Å². The van der Waals surface area contributed by atoms with Gasteiger partial charge >= 0.3 is 0 Å². The van der Waals surface area contributed by atoms with Crippen molar-refractivity contribution >= 4 is 0 Å². The van der Waals surface area contributed by atoms with Crippen molar-refractivity contribution in [1.29, 1.82) is 5.26 Å². The zero-order chi connectivity index (χ0) is 14.3. The molecule has 1 aromatic rings. The Kier molecular flexibility index (Phi) is 5.65. The molecule has 1 atom stereocenters. The Bertz CT molecular complexity index is 440. The van der Waals surface area contributed by atoms with E-state index in [1.807, 2.05) is 45.0 Å². The molecule has 4 nitrogen and oxygen atoms in total. The highest BCUT2D eigenvalue weighted by molar-refractivity contribution is 5.32. The summed E-state index contributed by atoms with van der Waals surface area (Å²) in [5, 5.41) is 12.5. The fraction of sp³-hybridized carbons (Fsp3) is 0.533. The topological polar surface area (TPSA) is 54.3 Å². The van der Waals surface area contributed by atoms with Gasteiger partial charge in [-0.2, -0.15) is 5.26 Å². The molecular formula is C15H22N2O2. The number of nitrogens with one attached hydrogen (secondary N) is 1. The molecule has 4 heteroatoms. The average molecular weight is 262 g/mol. The summed E-state index contributed by atoms with van der Waals surface area (Å²) in [4.78, 5) is 0. The maximum atomic E-state index is 9.23. The van der Waals surface area contributed by atoms with Gasteiger partial charge in [0.1, 0.15) is 17.0 Å². The minimum Gasteiger partial charge on any atom is -0.497 e. The van der Waals surface area contributed by atoms with Crippen LogP contribution in [0.15, 0.2) is 24.3 Å². The van der Waals surface area contributed by atoms with Crippen molar-refractivity contribution in [3.05, 3.63) is 24.3 Å². The van der Waals surface area contributed by atoms with E-state index in [0.717, 1.165) is 11.5 Å². The van der Waals surface area contributed by atoms with E-state index >= 15 is 0 Å². The molecule has 0 spiro atoms. The van der Waals surface area contributed by atoms with Gasteiger partial charge in [0.15, 0.2) is 0 Å². The third-order valence-corrected chi connectivity index (χ3v) is 2.77. The largest absolute Gasteiger partial charge is 0.497 e. The average Bonchev–Trinajstić information content (AvgIpc) is 2.38. The molecule has 0 aromatic heterocycles. The summed E-state index contributed by atoms with van der Waals surface area (Å²) in [5.74, 6) is 1.52. The van der Waals surface area contributed by atoms with E-state index in [-0.39, 0.29) is 6.04 Å². The lowest BCUT2D eigenvalue weighted by Gasteiger charge is -2.25. The van der Waals surface area contributed by atoms with Crippen molar-refractivity contribution in [2.75, 3.05) is 13.7 Å². The Labute approximate surface area is 115 Å². The predicted molar refractivity (Wildman–Crippen MR) is 75.4 cm³/mol. The second-order valence-corrected chi connectivity index (χ2v) is 5.02. The molecule has 1 aromatic carbocycles. The number of nitriles is 1. The van der Waals surface area contributed by atoms with Crippen LogP contribution in [0.1, 0.15) is 27.2 Å². The Balaban J connectivity index is 2.50. The van der Waals surface area contributed by atoms with E-state index in [1.165, 1.54) is 0 Å². The number of rotatable bonds is 7. The third kappa shape index (κ3) is 5.19. The number of hydrogen-bond acceptors (Lipinski definition) is 4. The molecule has 19 heavy (non-hydrogen) atoms. The van der Waals surface area contributed by atoms with Gasteiger partial charge in [0.25, 0.3) is 0 Å². The highest BCUT2D eigenvalue weighted by atomic mass is 16.5. The van der Waals surface area contributed by atoms with Crippen molar-refractivity contribution in [2.45, 2.75) is 38.8 Å². The quantitative estimate of drug-likeness (QED) is 0.821. The maximum Gasteiger partial charge on any atom is 0.122 e. The molecule has 0 saturated carbocycles. The van der Waals surface area contributed by atoms with Gasteiger partial charge in [-0.15, -0.1) is 0 Å². The van der Waals surface area contributed by atoms with Crippen LogP contribution in [-0.2, 0) is 0 Å². The van der Waals surface area contributed by atoms with Crippen LogP contribution in [0.2, 0.25) is 0 Å². The molecular weight excluding hydrogens is 240 g/mol. The lowest BCUT2D eigenvalue weighted by atomic mass is 9.99. The molecule has 0 radical (unpaired) electrons. The van der Waals surface area contributed by atoms with Gasteiger partial charge < -0.3 is 9.47 Å². The fourth-order valence-corrected chi connectivity index (χ4v) is 1.86. The van der Waals surface area contributed by atoms with Crippen molar-refractivity contribution in [3.63, 3.8) is 0 Å². The van der Waals surface area contributed by atoms with E-state index in [0.29, 0.717) is 13.0 Å². The van der Waals surface area contributed by atoms with E-state index in [4.69, 9.17) is 9.47 Å². The molecule has 0 bridgehead atoms. The zero-order valence-corrected chi connectivity index (χ0v) is 12.1. The van der Waals surface area contributed by atoms with Crippen molar-refractivity contribution in [3.8, 4) is 17.6 Å². The normalized spacial score (nSPS) is 13.7. The number of benzene rings is 1. The first kappa shape index (κ1) is 15.3. The lowest BCUT2D eigenvalue weighted by Crippen LogP contribution is -2.45. The van der Waals surface area contributed by atoms with Crippen LogP contribution in [-0.4, -0.2) is 25.3 Å². The van der Waals surface area contributed by atoms with Crippen molar-refractivity contribution < 1.29 is 9.47 Å². The minimum absolute atomic E-state index is 0.265. The standard InChI is InChI=1S/C15H22N2O2/c1-12(2)17-15(3,11-16)8-9-19-14-7-5-6-13(10-14)18-4/h5-7,10,12,17H,8-9H2,1-4H3. The number of ether oxygens (including phenoxy) is 2. The monoisotopic (exact) mass is 262 g/mol. The second kappa shape index (κ2) is 7.01. The Morgan fingerprint density at radius 3 is 2.63 bits per heavy atom. The molecule has 0 aliphatic heterocycles. The van der Waals surface area contributed by atoms with Gasteiger partial charge in [0.05, 0.1) is 19.8 Å². The molecule has 0 amide bonds. The predicted octanol–water partition coefficient (Wildman–Crippen LogP) is 2.74. The van der Waals surface area contributed by atoms with Gasteiger partial charge in [-0.3, -0.25) is 5.32 Å². The summed E-state index contributed by atoms with van der Waals surface area (Å²) in [6.07, 6.45) is 0.624. The molecule has 1 rings (SSSR count). The van der Waals surface area contributed by atoms with Crippen molar-refractivity contribution in [2.24, 2.45) is 0 Å². The van der Waals surface area contributed by atoms with E-state index in [2.05, 4.69) is 11.4 Å². The van der Waals surface area contributed by atoms with Crippen molar-refractivity contribution in [1.82, 2.24) is 5.32 Å². The number of nitrogens with zero attached hydrogens (tertiary/aromatic N) is 1. The Morgan fingerprint density at radius 1 is 1.37 bits per heavy atom. The first-order valence-corrected chi connectivity index (χ1v) is 6.45. The van der Waals surface area contributed by atoms with E-state index < -0.39 is 5.54 Å². The summed E-state index contributed by atoms with van der Waals surface area (Å²) < 4.78 is 10.8. The zero-order valence-electron chi connectivity index (χ0n) is 12.1. The highest BCUT2D eigenvalue weighted by Gasteiger charge is 2.24. The van der Waals surface area contributed by atoms with Crippen LogP contribution in [0, 0.1) is 11.3 Å². The van der Waals surface area contributed by atoms with Gasteiger partial charge in [-0.25, -0.2) is 0 Å². The third-order valence-electron chi connectivity index (χ3n) is 2.77. The molecule has 104 valence electrons. The fourth-order valence-electron chi connectivity index (χ4n) is 1.86. The van der Waals surface area contributed by atoms with Crippen LogP contribution in [0.25, 0.3) is 0 Å². The summed E-state index contributed by atoms with van der Waals surface area (Å²) in [7, 11) is 1.62. The van der Waals surface area contributed by atoms with Crippen LogP contribution >= 0.6 is 0 Å². The highest BCUT2D eigenvalue weighted by Crippen LogP contribution is 2.19. The SMILES string of the molecule is COc1cccc(OCCC(C)(C#N)NC(C)C)c1. The first-order valence-electron chi connectivity index (χ1n) is 6.45. The maximum absolute atomic E-state index is 9.23.